The van der Waals surface area contributed by atoms with Gasteiger partial charge in [0.1, 0.15) is 23.3 Å². The fourth-order valence-corrected chi connectivity index (χ4v) is 4.16. The van der Waals surface area contributed by atoms with Gasteiger partial charge in [0.2, 0.25) is 11.8 Å². The second-order valence-corrected chi connectivity index (χ2v) is 8.59. The predicted octanol–water partition coefficient (Wildman–Crippen LogP) is 3.51. The first-order chi connectivity index (χ1) is 18.1. The number of hydrogen-bond acceptors (Lipinski definition) is 8. The zero-order valence-corrected chi connectivity index (χ0v) is 21.0. The fraction of sp³-hybridized carbons (Fsp3) is 0.143. The SMILES string of the molecule is Cc1c(C=Nc2cccc3c(N=Cc4c(C)c(C#N)c(=O)n(C)c4O)cccc23)c(O)n(C)c(=O)c1C#N. The molecule has 2 heterocycles. The summed E-state index contributed by atoms with van der Waals surface area (Å²) in [7, 11) is 2.75. The minimum Gasteiger partial charge on any atom is -0.494 e. The first kappa shape index (κ1) is 25.6. The molecule has 0 unspecified atom stereocenters. The van der Waals surface area contributed by atoms with Crippen molar-refractivity contribution in [2.75, 3.05) is 0 Å². The summed E-state index contributed by atoms with van der Waals surface area (Å²) in [5.41, 5.74) is 0.946. The Kier molecular flexibility index (Phi) is 6.66. The summed E-state index contributed by atoms with van der Waals surface area (Å²) in [6.07, 6.45) is 2.82. The number of aliphatic imine (C=N–C) groups is 2. The van der Waals surface area contributed by atoms with Crippen LogP contribution in [0.15, 0.2) is 56.0 Å². The van der Waals surface area contributed by atoms with Gasteiger partial charge in [0.05, 0.1) is 22.5 Å². The van der Waals surface area contributed by atoms with Gasteiger partial charge in [-0.1, -0.05) is 24.3 Å². The molecule has 2 aromatic carbocycles. The first-order valence-electron chi connectivity index (χ1n) is 11.4. The number of fused-ring (bicyclic) bond motifs is 1. The normalized spacial score (nSPS) is 11.3. The lowest BCUT2D eigenvalue weighted by atomic mass is 10.1. The maximum Gasteiger partial charge on any atom is 0.271 e. The van der Waals surface area contributed by atoms with E-state index in [9.17, 15) is 30.3 Å². The van der Waals surface area contributed by atoms with Crippen molar-refractivity contribution in [2.45, 2.75) is 13.8 Å². The van der Waals surface area contributed by atoms with Crippen LogP contribution < -0.4 is 11.1 Å². The lowest BCUT2D eigenvalue weighted by Gasteiger charge is -2.11. The topological polar surface area (TPSA) is 157 Å². The maximum absolute atomic E-state index is 12.2. The van der Waals surface area contributed by atoms with E-state index in [4.69, 9.17) is 0 Å². The Hall–Kier alpha value is -5.48. The van der Waals surface area contributed by atoms with Gasteiger partial charge < -0.3 is 10.2 Å². The van der Waals surface area contributed by atoms with Gasteiger partial charge in [0.25, 0.3) is 11.1 Å². The third-order valence-corrected chi connectivity index (χ3v) is 6.48. The molecule has 2 N–H and O–H groups in total. The third-order valence-electron chi connectivity index (χ3n) is 6.48. The van der Waals surface area contributed by atoms with Crippen molar-refractivity contribution < 1.29 is 10.2 Å². The molecule has 0 saturated heterocycles. The van der Waals surface area contributed by atoms with Crippen molar-refractivity contribution in [3.05, 3.63) is 90.5 Å². The van der Waals surface area contributed by atoms with E-state index in [-0.39, 0.29) is 34.0 Å². The van der Waals surface area contributed by atoms with Gasteiger partial charge in [0, 0.05) is 37.3 Å². The summed E-state index contributed by atoms with van der Waals surface area (Å²) in [4.78, 5) is 33.5. The molecule has 10 heteroatoms. The molecule has 4 rings (SSSR count). The third kappa shape index (κ3) is 4.10. The number of nitrogens with zero attached hydrogens (tertiary/aromatic N) is 6. The zero-order chi connectivity index (χ0) is 27.7. The van der Waals surface area contributed by atoms with E-state index in [0.717, 1.165) is 19.9 Å². The van der Waals surface area contributed by atoms with Crippen molar-refractivity contribution in [2.24, 2.45) is 24.1 Å². The van der Waals surface area contributed by atoms with E-state index in [2.05, 4.69) is 9.98 Å². The zero-order valence-electron chi connectivity index (χ0n) is 21.0. The van der Waals surface area contributed by atoms with Gasteiger partial charge in [-0.15, -0.1) is 0 Å². The van der Waals surface area contributed by atoms with Crippen molar-refractivity contribution in [1.29, 1.82) is 10.5 Å². The summed E-state index contributed by atoms with van der Waals surface area (Å²) >= 11 is 0. The van der Waals surface area contributed by atoms with E-state index in [1.807, 2.05) is 24.3 Å². The molecule has 0 fully saturated rings. The van der Waals surface area contributed by atoms with E-state index in [1.54, 1.807) is 38.1 Å². The van der Waals surface area contributed by atoms with E-state index in [0.29, 0.717) is 22.5 Å². The van der Waals surface area contributed by atoms with Crippen LogP contribution in [0.1, 0.15) is 33.4 Å². The molecular formula is C28H22N6O4. The van der Waals surface area contributed by atoms with E-state index in [1.165, 1.54) is 26.5 Å². The summed E-state index contributed by atoms with van der Waals surface area (Å²) in [5, 5.41) is 41.2. The minimum atomic E-state index is -0.589. The Balaban J connectivity index is 1.83. The quantitative estimate of drug-likeness (QED) is 0.403. The van der Waals surface area contributed by atoms with Gasteiger partial charge in [0.15, 0.2) is 0 Å². The number of rotatable bonds is 4. The molecule has 38 heavy (non-hydrogen) atoms. The molecular weight excluding hydrogens is 484 g/mol. The number of benzene rings is 2. The lowest BCUT2D eigenvalue weighted by Crippen LogP contribution is -2.22. The lowest BCUT2D eigenvalue weighted by molar-refractivity contribution is 0.421. The predicted molar refractivity (Wildman–Crippen MR) is 144 cm³/mol. The van der Waals surface area contributed by atoms with Crippen molar-refractivity contribution in [3.63, 3.8) is 0 Å². The molecule has 0 bridgehead atoms. The maximum atomic E-state index is 12.2. The molecule has 10 nitrogen and oxygen atoms in total. The number of aromatic hydroxyl groups is 2. The number of hydrogen-bond donors (Lipinski definition) is 2. The van der Waals surface area contributed by atoms with Gasteiger partial charge >= 0.3 is 0 Å². The van der Waals surface area contributed by atoms with Crippen molar-refractivity contribution in [3.8, 4) is 23.9 Å². The molecule has 0 saturated carbocycles. The van der Waals surface area contributed by atoms with Crippen LogP contribution in [-0.4, -0.2) is 31.8 Å². The van der Waals surface area contributed by atoms with Crippen LogP contribution in [0.5, 0.6) is 11.8 Å². The molecule has 0 radical (unpaired) electrons. The van der Waals surface area contributed by atoms with Gasteiger partial charge in [-0.25, -0.2) is 0 Å². The standard InChI is InChI=1S/C28H22N6O4/c1-15-19(11-29)25(35)33(3)27(37)21(15)13-31-23-9-5-8-18-17(23)7-6-10-24(18)32-14-22-16(2)20(12-30)26(36)34(4)28(22)38/h5-10,13-14,37-38H,1-4H3. The summed E-state index contributed by atoms with van der Waals surface area (Å²) in [6.45, 7) is 3.15. The number of nitriles is 2. The van der Waals surface area contributed by atoms with Crippen LogP contribution in [0.25, 0.3) is 10.8 Å². The molecule has 188 valence electrons. The highest BCUT2D eigenvalue weighted by Gasteiger charge is 2.17. The second kappa shape index (κ2) is 9.88. The summed E-state index contributed by atoms with van der Waals surface area (Å²) < 4.78 is 1.99. The Morgan fingerprint density at radius 1 is 0.737 bits per heavy atom. The smallest absolute Gasteiger partial charge is 0.271 e. The Morgan fingerprint density at radius 2 is 1.11 bits per heavy atom. The molecule has 2 aromatic heterocycles. The van der Waals surface area contributed by atoms with Crippen LogP contribution >= 0.6 is 0 Å². The molecule has 4 aromatic rings. The molecule has 0 spiro atoms. The highest BCUT2D eigenvalue weighted by Crippen LogP contribution is 2.33. The minimum absolute atomic E-state index is 0.0715. The highest BCUT2D eigenvalue weighted by molar-refractivity contribution is 6.02. The molecule has 0 aliphatic rings. The van der Waals surface area contributed by atoms with Gasteiger partial charge in [-0.2, -0.15) is 10.5 Å². The molecule has 0 aliphatic heterocycles. The van der Waals surface area contributed by atoms with E-state index < -0.39 is 11.1 Å². The Labute approximate surface area is 216 Å². The largest absolute Gasteiger partial charge is 0.494 e. The second-order valence-electron chi connectivity index (χ2n) is 8.59. The average molecular weight is 507 g/mol. The van der Waals surface area contributed by atoms with Crippen LogP contribution in [0.4, 0.5) is 11.4 Å². The van der Waals surface area contributed by atoms with Crippen molar-refractivity contribution in [1.82, 2.24) is 9.13 Å². The molecule has 0 amide bonds. The van der Waals surface area contributed by atoms with Crippen LogP contribution in [0, 0.1) is 36.5 Å². The Bertz CT molecular complexity index is 1760. The van der Waals surface area contributed by atoms with Crippen LogP contribution in [-0.2, 0) is 14.1 Å². The number of aromatic nitrogens is 2. The summed E-state index contributed by atoms with van der Waals surface area (Å²) in [5.74, 6) is -0.602. The first-order valence-corrected chi connectivity index (χ1v) is 11.4. The van der Waals surface area contributed by atoms with Crippen LogP contribution in [0.2, 0.25) is 0 Å². The van der Waals surface area contributed by atoms with E-state index >= 15 is 0 Å². The van der Waals surface area contributed by atoms with Crippen molar-refractivity contribution >= 4 is 34.6 Å². The fourth-order valence-electron chi connectivity index (χ4n) is 4.16. The van der Waals surface area contributed by atoms with Gasteiger partial charge in [-0.05, 0) is 37.1 Å². The molecule has 0 aliphatic carbocycles. The Morgan fingerprint density at radius 3 is 1.45 bits per heavy atom. The molecule has 0 atom stereocenters. The number of pyridine rings is 2. The van der Waals surface area contributed by atoms with Gasteiger partial charge in [-0.3, -0.25) is 28.7 Å². The summed E-state index contributed by atoms with van der Waals surface area (Å²) in [6, 6.07) is 14.6. The monoisotopic (exact) mass is 506 g/mol. The average Bonchev–Trinajstić information content (AvgIpc) is 2.91. The highest BCUT2D eigenvalue weighted by atomic mass is 16.3. The van der Waals surface area contributed by atoms with Crippen LogP contribution in [0.3, 0.4) is 0 Å².